The molecule has 0 amide bonds. The van der Waals surface area contributed by atoms with Gasteiger partial charge in [-0.05, 0) is 64.3 Å². The van der Waals surface area contributed by atoms with E-state index in [1.165, 1.54) is 0 Å². The van der Waals surface area contributed by atoms with E-state index in [0.29, 0.717) is 34.6 Å². The second-order valence-corrected chi connectivity index (χ2v) is 8.82. The highest BCUT2D eigenvalue weighted by Gasteiger charge is 2.24. The molecule has 6 heteroatoms. The number of benzene rings is 3. The van der Waals surface area contributed by atoms with Crippen molar-refractivity contribution in [2.24, 2.45) is 0 Å². The number of carbonyl (C=O) groups excluding carboxylic acids is 1. The van der Waals surface area contributed by atoms with Crippen molar-refractivity contribution in [1.29, 1.82) is 0 Å². The average Bonchev–Trinajstić information content (AvgIpc) is 3.04. The Bertz CT molecular complexity index is 1190. The van der Waals surface area contributed by atoms with Crippen molar-refractivity contribution in [2.75, 3.05) is 6.61 Å². The number of halogens is 3. The van der Waals surface area contributed by atoms with Crippen LogP contribution in [0.5, 0.6) is 11.5 Å². The van der Waals surface area contributed by atoms with Gasteiger partial charge in [0.2, 0.25) is 0 Å². The number of hydrogen-bond donors (Lipinski definition) is 0. The van der Waals surface area contributed by atoms with Gasteiger partial charge in [0.25, 0.3) is 0 Å². The normalized spacial score (nSPS) is 14.1. The first-order valence-corrected chi connectivity index (χ1v) is 11.4. The van der Waals surface area contributed by atoms with Crippen LogP contribution in [0.2, 0.25) is 10.0 Å². The molecule has 0 radical (unpaired) electrons. The minimum absolute atomic E-state index is 0.0717. The zero-order valence-corrected chi connectivity index (χ0v) is 19.9. The van der Waals surface area contributed by atoms with Gasteiger partial charge in [-0.1, -0.05) is 53.5 Å². The van der Waals surface area contributed by atoms with Crippen molar-refractivity contribution in [3.63, 3.8) is 0 Å². The van der Waals surface area contributed by atoms with Crippen LogP contribution in [0, 0.1) is 0 Å². The zero-order valence-electron chi connectivity index (χ0n) is 16.8. The Morgan fingerprint density at radius 3 is 2.61 bits per heavy atom. The number of carbonyl (C=O) groups is 1. The van der Waals surface area contributed by atoms with Gasteiger partial charge in [-0.15, -0.1) is 0 Å². The lowest BCUT2D eigenvalue weighted by Gasteiger charge is -2.15. The molecule has 31 heavy (non-hydrogen) atoms. The first kappa shape index (κ1) is 21.9. The van der Waals surface area contributed by atoms with E-state index in [1.807, 2.05) is 55.5 Å². The second-order valence-electron chi connectivity index (χ2n) is 7.12. The van der Waals surface area contributed by atoms with Crippen LogP contribution in [0.25, 0.3) is 6.08 Å². The van der Waals surface area contributed by atoms with Crippen molar-refractivity contribution >= 4 is 51.0 Å². The summed E-state index contributed by atoms with van der Waals surface area (Å²) in [5.41, 5.74) is 4.28. The Kier molecular flexibility index (Phi) is 6.71. The second kappa shape index (κ2) is 9.47. The third-order valence-electron chi connectivity index (χ3n) is 4.99. The molecule has 0 bridgehead atoms. The molecule has 0 saturated heterocycles. The van der Waals surface area contributed by atoms with E-state index < -0.39 is 0 Å². The summed E-state index contributed by atoms with van der Waals surface area (Å²) in [5.74, 6) is 1.25. The van der Waals surface area contributed by atoms with Gasteiger partial charge < -0.3 is 9.47 Å². The molecule has 0 aliphatic heterocycles. The predicted molar refractivity (Wildman–Crippen MR) is 129 cm³/mol. The Balaban J connectivity index is 1.61. The molecule has 3 aromatic rings. The molecule has 0 N–H and O–H groups in total. The van der Waals surface area contributed by atoms with Crippen LogP contribution in [0.1, 0.15) is 34.0 Å². The van der Waals surface area contributed by atoms with E-state index >= 15 is 0 Å². The topological polar surface area (TPSA) is 35.5 Å². The molecule has 0 aromatic heterocycles. The van der Waals surface area contributed by atoms with Gasteiger partial charge >= 0.3 is 0 Å². The Hall–Kier alpha value is -2.27. The maximum Gasteiger partial charge on any atom is 0.189 e. The summed E-state index contributed by atoms with van der Waals surface area (Å²) in [7, 11) is 0. The highest BCUT2D eigenvalue weighted by Crippen LogP contribution is 2.39. The van der Waals surface area contributed by atoms with E-state index in [-0.39, 0.29) is 12.4 Å². The minimum atomic E-state index is 0.0717. The smallest absolute Gasteiger partial charge is 0.189 e. The van der Waals surface area contributed by atoms with Crippen LogP contribution in [-0.2, 0) is 13.0 Å². The lowest BCUT2D eigenvalue weighted by molar-refractivity contribution is 0.104. The van der Waals surface area contributed by atoms with Gasteiger partial charge in [0.1, 0.15) is 6.61 Å². The number of ketones is 1. The number of Topliss-reactive ketones (excluding diaryl/α,β-unsaturated/α-hetero) is 1. The lowest BCUT2D eigenvalue weighted by Crippen LogP contribution is -2.02. The summed E-state index contributed by atoms with van der Waals surface area (Å²) in [6.07, 6.45) is 2.54. The van der Waals surface area contributed by atoms with Crippen molar-refractivity contribution in [1.82, 2.24) is 0 Å². The standard InChI is InChI=1S/C25H19BrCl2O3/c1-2-30-23-11-15(9-18-12-16-5-3-4-6-20(16)24(18)29)10-21(26)25(23)31-14-17-7-8-19(27)13-22(17)28/h3-11,13H,2,12,14H2,1H3/b18-9+. The molecule has 0 spiro atoms. The molecule has 0 unspecified atom stereocenters. The summed E-state index contributed by atoms with van der Waals surface area (Å²) in [4.78, 5) is 12.7. The van der Waals surface area contributed by atoms with Crippen LogP contribution in [-0.4, -0.2) is 12.4 Å². The Morgan fingerprint density at radius 2 is 1.87 bits per heavy atom. The van der Waals surface area contributed by atoms with Gasteiger partial charge in [-0.3, -0.25) is 4.79 Å². The fourth-order valence-corrected chi connectivity index (χ4v) is 4.57. The van der Waals surface area contributed by atoms with Crippen molar-refractivity contribution in [3.8, 4) is 11.5 Å². The van der Waals surface area contributed by atoms with Gasteiger partial charge in [0, 0.05) is 33.2 Å². The van der Waals surface area contributed by atoms with E-state index in [2.05, 4.69) is 15.9 Å². The lowest BCUT2D eigenvalue weighted by atomic mass is 10.1. The Morgan fingerprint density at radius 1 is 1.06 bits per heavy atom. The van der Waals surface area contributed by atoms with Gasteiger partial charge in [-0.2, -0.15) is 0 Å². The number of ether oxygens (including phenoxy) is 2. The SMILES string of the molecule is CCOc1cc(/C=C2\Cc3ccccc3C2=O)cc(Br)c1OCc1ccc(Cl)cc1Cl. The van der Waals surface area contributed by atoms with Crippen LogP contribution in [0.4, 0.5) is 0 Å². The predicted octanol–water partition coefficient (Wildman–Crippen LogP) is 7.56. The van der Waals surface area contributed by atoms with Crippen LogP contribution < -0.4 is 9.47 Å². The molecule has 158 valence electrons. The third kappa shape index (κ3) is 4.82. The monoisotopic (exact) mass is 516 g/mol. The van der Waals surface area contributed by atoms with Crippen LogP contribution >= 0.6 is 39.1 Å². The number of rotatable bonds is 6. The first-order valence-electron chi connectivity index (χ1n) is 9.82. The maximum absolute atomic E-state index is 12.7. The van der Waals surface area contributed by atoms with Gasteiger partial charge in [0.15, 0.2) is 17.3 Å². The molecule has 3 aromatic carbocycles. The highest BCUT2D eigenvalue weighted by molar-refractivity contribution is 9.10. The largest absolute Gasteiger partial charge is 0.490 e. The van der Waals surface area contributed by atoms with Gasteiger partial charge in [0.05, 0.1) is 11.1 Å². The molecule has 0 saturated carbocycles. The van der Waals surface area contributed by atoms with Crippen molar-refractivity contribution in [2.45, 2.75) is 20.0 Å². The van der Waals surface area contributed by atoms with Gasteiger partial charge in [-0.25, -0.2) is 0 Å². The molecule has 1 aliphatic rings. The highest BCUT2D eigenvalue weighted by atomic mass is 79.9. The number of hydrogen-bond acceptors (Lipinski definition) is 3. The molecule has 0 heterocycles. The number of allylic oxidation sites excluding steroid dienone is 1. The summed E-state index contributed by atoms with van der Waals surface area (Å²) in [6.45, 7) is 2.66. The van der Waals surface area contributed by atoms with E-state index in [0.717, 1.165) is 32.3 Å². The summed E-state index contributed by atoms with van der Waals surface area (Å²) in [5, 5.41) is 1.12. The fourth-order valence-electron chi connectivity index (χ4n) is 3.54. The summed E-state index contributed by atoms with van der Waals surface area (Å²) < 4.78 is 12.6. The van der Waals surface area contributed by atoms with Crippen molar-refractivity contribution in [3.05, 3.63) is 96.9 Å². The summed E-state index contributed by atoms with van der Waals surface area (Å²) >= 11 is 15.8. The van der Waals surface area contributed by atoms with Crippen LogP contribution in [0.3, 0.4) is 0 Å². The molecular formula is C25H19BrCl2O3. The van der Waals surface area contributed by atoms with Crippen LogP contribution in [0.15, 0.2) is 64.6 Å². The molecule has 0 atom stereocenters. The molecule has 1 aliphatic carbocycles. The maximum atomic E-state index is 12.7. The molecular weight excluding hydrogens is 499 g/mol. The Labute approximate surface area is 199 Å². The zero-order chi connectivity index (χ0) is 22.0. The van der Waals surface area contributed by atoms with E-state index in [9.17, 15) is 4.79 Å². The molecule has 0 fully saturated rings. The van der Waals surface area contributed by atoms with E-state index in [1.54, 1.807) is 12.1 Å². The van der Waals surface area contributed by atoms with Crippen molar-refractivity contribution < 1.29 is 14.3 Å². The quantitative estimate of drug-likeness (QED) is 0.316. The number of fused-ring (bicyclic) bond motifs is 1. The fraction of sp³-hybridized carbons (Fsp3) is 0.160. The summed E-state index contributed by atoms with van der Waals surface area (Å²) in [6, 6.07) is 16.8. The molecule has 3 nitrogen and oxygen atoms in total. The average molecular weight is 518 g/mol. The third-order valence-corrected chi connectivity index (χ3v) is 6.17. The first-order chi connectivity index (χ1) is 15.0. The van der Waals surface area contributed by atoms with E-state index in [4.69, 9.17) is 32.7 Å². The minimum Gasteiger partial charge on any atom is -0.490 e. The molecule has 4 rings (SSSR count).